The monoisotopic (exact) mass is 403 g/mol. The molecule has 1 aromatic carbocycles. The topological polar surface area (TPSA) is 70.0 Å². The van der Waals surface area contributed by atoms with Gasteiger partial charge in [0.15, 0.2) is 0 Å². The minimum absolute atomic E-state index is 0.0172. The largest absolute Gasteiger partial charge is 0.573 e. The van der Waals surface area contributed by atoms with Crippen LogP contribution >= 0.6 is 15.9 Å². The van der Waals surface area contributed by atoms with Crippen LogP contribution in [0, 0.1) is 0 Å². The average Bonchev–Trinajstić information content (AvgIpc) is 2.80. The lowest BCUT2D eigenvalue weighted by Gasteiger charge is -2.20. The number of aliphatic hydroxyl groups is 2. The van der Waals surface area contributed by atoms with Crippen molar-refractivity contribution in [3.8, 4) is 5.75 Å². The van der Waals surface area contributed by atoms with Crippen molar-refractivity contribution in [3.05, 3.63) is 22.7 Å². The Morgan fingerprint density at radius 1 is 1.45 bits per heavy atom. The van der Waals surface area contributed by atoms with Crippen LogP contribution in [0.1, 0.15) is 6.42 Å². The van der Waals surface area contributed by atoms with Gasteiger partial charge in [-0.2, -0.15) is 0 Å². The highest BCUT2D eigenvalue weighted by Crippen LogP contribution is 2.32. The number of nitrogens with zero attached hydrogens (tertiary/aromatic N) is 1. The smallest absolute Gasteiger partial charge is 0.406 e. The van der Waals surface area contributed by atoms with Crippen molar-refractivity contribution >= 4 is 26.9 Å². The summed E-state index contributed by atoms with van der Waals surface area (Å²) in [6.45, 7) is -0.125. The van der Waals surface area contributed by atoms with E-state index in [9.17, 15) is 22.5 Å². The maximum absolute atomic E-state index is 12.4. The summed E-state index contributed by atoms with van der Waals surface area (Å²) in [7, 11) is -1.67. The van der Waals surface area contributed by atoms with E-state index >= 15 is 0 Å². The number of hydrogen-bond acceptors (Lipinski definition) is 4. The second-order valence-electron chi connectivity index (χ2n) is 4.89. The molecule has 0 saturated carbocycles. The number of ether oxygens (including phenoxy) is 1. The molecule has 0 amide bonds. The molecule has 22 heavy (non-hydrogen) atoms. The molecule has 1 aromatic rings. The van der Waals surface area contributed by atoms with Crippen LogP contribution < -0.4 is 4.74 Å². The Bertz CT molecular complexity index is 586. The standard InChI is InChI=1S/C12H13BrF3NO4S/c13-9-5-8(21-12(14,15)16)1-2-10(9)22(20)17-4-3-11(19,6-17)7-18/h1-2,5,18-19H,3-4,6-7H2. The van der Waals surface area contributed by atoms with E-state index in [4.69, 9.17) is 5.11 Å². The molecule has 0 radical (unpaired) electrons. The number of β-amino-alcohol motifs (C(OH)–C–C–N with tert-alkyl or cyclic N) is 1. The maximum Gasteiger partial charge on any atom is 0.573 e. The molecule has 2 atom stereocenters. The second kappa shape index (κ2) is 6.44. The average molecular weight is 404 g/mol. The fourth-order valence-electron chi connectivity index (χ4n) is 2.05. The molecular weight excluding hydrogens is 391 g/mol. The van der Waals surface area contributed by atoms with Crippen LogP contribution in [0.25, 0.3) is 0 Å². The summed E-state index contributed by atoms with van der Waals surface area (Å²) in [5, 5.41) is 19.0. The van der Waals surface area contributed by atoms with Crippen LogP contribution in [0.2, 0.25) is 0 Å². The molecule has 5 nitrogen and oxygen atoms in total. The summed E-state index contributed by atoms with van der Waals surface area (Å²) in [6, 6.07) is 3.41. The Kier molecular flexibility index (Phi) is 5.17. The Balaban J connectivity index is 2.14. The maximum atomic E-state index is 12.4. The molecule has 124 valence electrons. The lowest BCUT2D eigenvalue weighted by Crippen LogP contribution is -2.37. The number of alkyl halides is 3. The number of rotatable bonds is 4. The van der Waals surface area contributed by atoms with Crippen molar-refractivity contribution in [2.24, 2.45) is 0 Å². The zero-order valence-electron chi connectivity index (χ0n) is 11.1. The predicted octanol–water partition coefficient (Wildman–Crippen LogP) is 1.80. The minimum atomic E-state index is -4.80. The van der Waals surface area contributed by atoms with Gasteiger partial charge in [0.05, 0.1) is 11.5 Å². The predicted molar refractivity (Wildman–Crippen MR) is 75.5 cm³/mol. The number of halogens is 4. The highest BCUT2D eigenvalue weighted by atomic mass is 79.9. The molecule has 1 aliphatic heterocycles. The molecule has 2 N–H and O–H groups in total. The van der Waals surface area contributed by atoms with Gasteiger partial charge in [0.25, 0.3) is 0 Å². The van der Waals surface area contributed by atoms with E-state index in [-0.39, 0.29) is 22.3 Å². The third kappa shape index (κ3) is 4.19. The fourth-order valence-corrected chi connectivity index (χ4v) is 4.13. The zero-order valence-corrected chi connectivity index (χ0v) is 13.5. The Morgan fingerprint density at radius 3 is 2.64 bits per heavy atom. The van der Waals surface area contributed by atoms with E-state index in [0.717, 1.165) is 12.1 Å². The molecule has 1 fully saturated rings. The van der Waals surface area contributed by atoms with E-state index in [1.165, 1.54) is 10.4 Å². The van der Waals surface area contributed by atoms with Gasteiger partial charge in [0.2, 0.25) is 0 Å². The lowest BCUT2D eigenvalue weighted by atomic mass is 10.1. The van der Waals surface area contributed by atoms with Crippen molar-refractivity contribution in [2.45, 2.75) is 23.3 Å². The van der Waals surface area contributed by atoms with Gasteiger partial charge in [-0.25, -0.2) is 8.51 Å². The summed E-state index contributed by atoms with van der Waals surface area (Å²) in [5.41, 5.74) is -1.30. The first-order valence-electron chi connectivity index (χ1n) is 6.19. The van der Waals surface area contributed by atoms with E-state index in [1.807, 2.05) is 0 Å². The normalized spacial score (nSPS) is 24.5. The van der Waals surface area contributed by atoms with Crippen molar-refractivity contribution < 1.29 is 32.3 Å². The lowest BCUT2D eigenvalue weighted by molar-refractivity contribution is -0.274. The minimum Gasteiger partial charge on any atom is -0.406 e. The highest BCUT2D eigenvalue weighted by Gasteiger charge is 2.38. The SMILES string of the molecule is O=S(c1ccc(OC(F)(F)F)cc1Br)N1CCC(O)(CO)C1. The Labute approximate surface area is 135 Å². The summed E-state index contributed by atoms with van der Waals surface area (Å²) in [5.74, 6) is -0.423. The third-order valence-electron chi connectivity index (χ3n) is 3.15. The van der Waals surface area contributed by atoms with E-state index < -0.39 is 35.3 Å². The van der Waals surface area contributed by atoms with Crippen LogP contribution in [0.15, 0.2) is 27.6 Å². The molecule has 1 heterocycles. The molecule has 0 aliphatic carbocycles. The summed E-state index contributed by atoms with van der Waals surface area (Å²) in [4.78, 5) is 0.261. The fraction of sp³-hybridized carbons (Fsp3) is 0.500. The zero-order chi connectivity index (χ0) is 16.5. The van der Waals surface area contributed by atoms with Gasteiger partial charge in [-0.15, -0.1) is 13.2 Å². The molecular formula is C12H13BrF3NO4S. The Morgan fingerprint density at radius 2 is 2.14 bits per heavy atom. The quantitative estimate of drug-likeness (QED) is 0.803. The summed E-state index contributed by atoms with van der Waals surface area (Å²) in [6.07, 6.45) is -4.53. The summed E-state index contributed by atoms with van der Waals surface area (Å²) < 4.78 is 54.3. The third-order valence-corrected chi connectivity index (χ3v) is 5.58. The Hall–Kier alpha value is -0.680. The molecule has 1 saturated heterocycles. The van der Waals surface area contributed by atoms with Crippen molar-refractivity contribution in [2.75, 3.05) is 19.7 Å². The van der Waals surface area contributed by atoms with Crippen LogP contribution in [0.4, 0.5) is 13.2 Å². The van der Waals surface area contributed by atoms with Crippen molar-refractivity contribution in [1.29, 1.82) is 0 Å². The number of benzene rings is 1. The number of hydrogen-bond donors (Lipinski definition) is 2. The van der Waals surface area contributed by atoms with Crippen LogP contribution in [-0.4, -0.2) is 50.4 Å². The van der Waals surface area contributed by atoms with Gasteiger partial charge in [0, 0.05) is 17.6 Å². The van der Waals surface area contributed by atoms with Crippen molar-refractivity contribution in [3.63, 3.8) is 0 Å². The summed E-state index contributed by atoms with van der Waals surface area (Å²) >= 11 is 3.07. The molecule has 0 spiro atoms. The van der Waals surface area contributed by atoms with Gasteiger partial charge in [-0.05, 0) is 40.5 Å². The molecule has 0 bridgehead atoms. The van der Waals surface area contributed by atoms with Gasteiger partial charge >= 0.3 is 6.36 Å². The van der Waals surface area contributed by atoms with Crippen molar-refractivity contribution in [1.82, 2.24) is 4.31 Å². The molecule has 2 rings (SSSR count). The molecule has 0 aromatic heterocycles. The van der Waals surface area contributed by atoms with Gasteiger partial charge < -0.3 is 14.9 Å². The van der Waals surface area contributed by atoms with Gasteiger partial charge in [-0.1, -0.05) is 0 Å². The second-order valence-corrected chi connectivity index (χ2v) is 7.19. The molecule has 1 aliphatic rings. The highest BCUT2D eigenvalue weighted by molar-refractivity contribution is 9.10. The molecule has 2 unspecified atom stereocenters. The first-order valence-corrected chi connectivity index (χ1v) is 8.09. The molecule has 10 heteroatoms. The first kappa shape index (κ1) is 17.7. The van der Waals surface area contributed by atoms with Gasteiger partial charge in [0.1, 0.15) is 22.3 Å². The first-order chi connectivity index (χ1) is 10.1. The van der Waals surface area contributed by atoms with Crippen LogP contribution in [-0.2, 0) is 11.0 Å². The van der Waals surface area contributed by atoms with Crippen LogP contribution in [0.5, 0.6) is 5.75 Å². The van der Waals surface area contributed by atoms with Crippen LogP contribution in [0.3, 0.4) is 0 Å². The van der Waals surface area contributed by atoms with E-state index in [0.29, 0.717) is 6.54 Å². The van der Waals surface area contributed by atoms with E-state index in [2.05, 4.69) is 20.7 Å². The number of aliphatic hydroxyl groups excluding tert-OH is 1. The van der Waals surface area contributed by atoms with Gasteiger partial charge in [-0.3, -0.25) is 0 Å². The van der Waals surface area contributed by atoms with E-state index in [1.54, 1.807) is 0 Å².